The molecule has 0 aliphatic carbocycles. The molecule has 0 saturated carbocycles. The van der Waals surface area contributed by atoms with Crippen molar-refractivity contribution >= 4 is 17.3 Å². The van der Waals surface area contributed by atoms with Crippen molar-refractivity contribution in [3.8, 4) is 11.5 Å². The number of ether oxygens (including phenoxy) is 1. The molecule has 3 heterocycles. The third-order valence-electron chi connectivity index (χ3n) is 5.50. The number of fused-ring (bicyclic) bond motifs is 2. The molecular formula is C22H17F3N4O2. The van der Waals surface area contributed by atoms with E-state index >= 15 is 0 Å². The van der Waals surface area contributed by atoms with Crippen LogP contribution in [0.2, 0.25) is 0 Å². The molecule has 1 aromatic heterocycles. The van der Waals surface area contributed by atoms with E-state index in [1.807, 2.05) is 6.07 Å². The number of carbonyl (C=O) groups excluding carboxylic acids is 1. The Labute approximate surface area is 175 Å². The number of rotatable bonds is 3. The molecule has 2 atom stereocenters. The van der Waals surface area contributed by atoms with E-state index in [9.17, 15) is 18.0 Å². The van der Waals surface area contributed by atoms with Crippen molar-refractivity contribution in [3.05, 3.63) is 71.4 Å². The lowest BCUT2D eigenvalue weighted by atomic mass is 9.74. The molecule has 9 heteroatoms. The van der Waals surface area contributed by atoms with Crippen LogP contribution in [0.3, 0.4) is 0 Å². The molecule has 5 rings (SSSR count). The van der Waals surface area contributed by atoms with Gasteiger partial charge in [-0.05, 0) is 35.9 Å². The van der Waals surface area contributed by atoms with E-state index in [1.54, 1.807) is 24.4 Å². The molecule has 0 bridgehead atoms. The largest absolute Gasteiger partial charge is 0.457 e. The summed E-state index contributed by atoms with van der Waals surface area (Å²) in [7, 11) is 0. The topological polar surface area (TPSA) is 79.4 Å². The number of hydrogen-bond donors (Lipinski definition) is 2. The van der Waals surface area contributed by atoms with Crippen LogP contribution >= 0.6 is 0 Å². The van der Waals surface area contributed by atoms with Crippen molar-refractivity contribution in [2.75, 3.05) is 13.1 Å². The number of aromatic nitrogens is 2. The Kier molecular flexibility index (Phi) is 4.62. The normalized spacial score (nSPS) is 20.6. The Morgan fingerprint density at radius 2 is 1.77 bits per heavy atom. The van der Waals surface area contributed by atoms with Gasteiger partial charge in [0.25, 0.3) is 0 Å². The van der Waals surface area contributed by atoms with Gasteiger partial charge in [0, 0.05) is 23.7 Å². The van der Waals surface area contributed by atoms with Gasteiger partial charge in [-0.15, -0.1) is 0 Å². The zero-order valence-electron chi connectivity index (χ0n) is 16.1. The van der Waals surface area contributed by atoms with Gasteiger partial charge in [-0.1, -0.05) is 18.2 Å². The monoisotopic (exact) mass is 426 g/mol. The van der Waals surface area contributed by atoms with Gasteiger partial charge >= 0.3 is 6.18 Å². The van der Waals surface area contributed by atoms with Crippen LogP contribution in [0.1, 0.15) is 22.6 Å². The lowest BCUT2D eigenvalue weighted by Gasteiger charge is -2.34. The minimum atomic E-state index is -4.45. The molecule has 2 aliphatic rings. The van der Waals surface area contributed by atoms with Crippen LogP contribution in [0.5, 0.6) is 11.5 Å². The number of aromatic amines is 1. The molecule has 0 amide bonds. The van der Waals surface area contributed by atoms with E-state index in [-0.39, 0.29) is 24.0 Å². The van der Waals surface area contributed by atoms with Gasteiger partial charge in [0.2, 0.25) is 0 Å². The van der Waals surface area contributed by atoms with Crippen LogP contribution in [0.4, 0.5) is 19.0 Å². The maximum atomic E-state index is 13.0. The first-order valence-electron chi connectivity index (χ1n) is 9.69. The van der Waals surface area contributed by atoms with Crippen LogP contribution in [-0.4, -0.2) is 34.8 Å². The number of ketones is 1. The molecule has 31 heavy (non-hydrogen) atoms. The number of aliphatic imine (C=N–C) groups is 1. The Morgan fingerprint density at radius 3 is 2.58 bits per heavy atom. The molecule has 3 aromatic rings. The summed E-state index contributed by atoms with van der Waals surface area (Å²) >= 11 is 0. The first kappa shape index (κ1) is 19.5. The van der Waals surface area contributed by atoms with Crippen LogP contribution in [-0.2, 0) is 11.0 Å². The highest BCUT2D eigenvalue weighted by Crippen LogP contribution is 2.43. The number of carbonyl (C=O) groups is 1. The van der Waals surface area contributed by atoms with Crippen molar-refractivity contribution in [1.29, 1.82) is 0 Å². The summed E-state index contributed by atoms with van der Waals surface area (Å²) < 4.78 is 44.7. The molecule has 2 unspecified atom stereocenters. The molecule has 0 radical (unpaired) electrons. The maximum absolute atomic E-state index is 13.0. The van der Waals surface area contributed by atoms with Gasteiger partial charge in [0.15, 0.2) is 11.6 Å². The molecule has 0 spiro atoms. The average Bonchev–Trinajstić information content (AvgIpc) is 3.20. The number of alkyl halides is 3. The van der Waals surface area contributed by atoms with Gasteiger partial charge < -0.3 is 10.1 Å². The first-order valence-corrected chi connectivity index (χ1v) is 9.69. The number of halogens is 3. The fourth-order valence-electron chi connectivity index (χ4n) is 4.15. The van der Waals surface area contributed by atoms with Gasteiger partial charge in [-0.25, -0.2) is 4.99 Å². The zero-order valence-corrected chi connectivity index (χ0v) is 16.1. The van der Waals surface area contributed by atoms with E-state index in [1.165, 1.54) is 12.1 Å². The smallest absolute Gasteiger partial charge is 0.416 e. The van der Waals surface area contributed by atoms with E-state index in [0.717, 1.165) is 29.0 Å². The van der Waals surface area contributed by atoms with Gasteiger partial charge in [-0.2, -0.15) is 18.3 Å². The van der Waals surface area contributed by atoms with Crippen molar-refractivity contribution < 1.29 is 22.7 Å². The first-order chi connectivity index (χ1) is 14.9. The van der Waals surface area contributed by atoms with Gasteiger partial charge in [0.1, 0.15) is 11.5 Å². The quantitative estimate of drug-likeness (QED) is 0.657. The maximum Gasteiger partial charge on any atom is 0.416 e. The van der Waals surface area contributed by atoms with Crippen LogP contribution in [0.15, 0.2) is 59.7 Å². The summed E-state index contributed by atoms with van der Waals surface area (Å²) in [6.45, 7) is 0.763. The SMILES string of the molecule is O=C1CNCC2=Nc3[nH]ncc3C(c3cccc(Oc4cccc(C(F)(F)F)c4)c3)C12. The van der Waals surface area contributed by atoms with E-state index in [2.05, 4.69) is 20.5 Å². The lowest BCUT2D eigenvalue weighted by molar-refractivity contribution is -0.137. The fraction of sp³-hybridized carbons (Fsp3) is 0.227. The Bertz CT molecular complexity index is 1190. The third-order valence-corrected chi connectivity index (χ3v) is 5.50. The minimum absolute atomic E-state index is 0.0334. The van der Waals surface area contributed by atoms with E-state index in [0.29, 0.717) is 18.1 Å². The van der Waals surface area contributed by atoms with E-state index in [4.69, 9.17) is 4.74 Å². The summed E-state index contributed by atoms with van der Waals surface area (Å²) in [5.74, 6) is 0.381. The standard InChI is InChI=1S/C22H17F3N4O2/c23-22(24,25)13-4-2-6-15(8-13)31-14-5-1-3-12(7-14)19-16-9-27-29-21(16)28-17-10-26-11-18(30)20(17)19/h1-9,19-20,26H,10-11H2,(H,27,29). The number of piperidine rings is 1. The zero-order chi connectivity index (χ0) is 21.6. The fourth-order valence-corrected chi connectivity index (χ4v) is 4.15. The molecule has 2 N–H and O–H groups in total. The highest BCUT2D eigenvalue weighted by Gasteiger charge is 2.41. The predicted octanol–water partition coefficient (Wildman–Crippen LogP) is 4.23. The van der Waals surface area contributed by atoms with Crippen molar-refractivity contribution in [1.82, 2.24) is 15.5 Å². The number of hydrogen-bond acceptors (Lipinski definition) is 5. The van der Waals surface area contributed by atoms with Crippen LogP contribution < -0.4 is 10.1 Å². The Balaban J connectivity index is 1.50. The molecular weight excluding hydrogens is 409 g/mol. The van der Waals surface area contributed by atoms with Crippen molar-refractivity contribution in [2.45, 2.75) is 12.1 Å². The van der Waals surface area contributed by atoms with Crippen molar-refractivity contribution in [3.63, 3.8) is 0 Å². The molecule has 2 aromatic carbocycles. The van der Waals surface area contributed by atoms with Gasteiger partial charge in [0.05, 0.1) is 24.2 Å². The second kappa shape index (κ2) is 7.35. The molecule has 6 nitrogen and oxygen atoms in total. The second-order valence-corrected chi connectivity index (χ2v) is 7.50. The number of Topliss-reactive ketones (excluding diaryl/α,β-unsaturated/α-hetero) is 1. The minimum Gasteiger partial charge on any atom is -0.457 e. The summed E-state index contributed by atoms with van der Waals surface area (Å²) in [5.41, 5.74) is 1.57. The van der Waals surface area contributed by atoms with E-state index < -0.39 is 17.7 Å². The van der Waals surface area contributed by atoms with Gasteiger partial charge in [-0.3, -0.25) is 9.89 Å². The number of nitrogens with zero attached hydrogens (tertiary/aromatic N) is 2. The molecule has 2 aliphatic heterocycles. The van der Waals surface area contributed by atoms with Crippen molar-refractivity contribution in [2.24, 2.45) is 10.9 Å². The number of benzene rings is 2. The summed E-state index contributed by atoms with van der Waals surface area (Å²) in [5, 5.41) is 10.0. The second-order valence-electron chi connectivity index (χ2n) is 7.50. The average molecular weight is 426 g/mol. The highest BCUT2D eigenvalue weighted by molar-refractivity contribution is 6.11. The molecule has 1 fully saturated rings. The summed E-state index contributed by atoms with van der Waals surface area (Å²) in [6.07, 6.45) is -2.79. The Morgan fingerprint density at radius 1 is 1.00 bits per heavy atom. The molecule has 1 saturated heterocycles. The number of H-pyrrole nitrogens is 1. The third kappa shape index (κ3) is 3.61. The van der Waals surface area contributed by atoms with Crippen LogP contribution in [0, 0.1) is 5.92 Å². The highest BCUT2D eigenvalue weighted by atomic mass is 19.4. The summed E-state index contributed by atoms with van der Waals surface area (Å²) in [4.78, 5) is 17.3. The van der Waals surface area contributed by atoms with Crippen LogP contribution in [0.25, 0.3) is 0 Å². The Hall–Kier alpha value is -3.46. The lowest BCUT2D eigenvalue weighted by Crippen LogP contribution is -2.48. The predicted molar refractivity (Wildman–Crippen MR) is 107 cm³/mol. The number of nitrogens with one attached hydrogen (secondary N) is 2. The summed E-state index contributed by atoms with van der Waals surface area (Å²) in [6, 6.07) is 11.8. The molecule has 158 valence electrons.